The van der Waals surface area contributed by atoms with Crippen LogP contribution in [0.2, 0.25) is 10.0 Å². The van der Waals surface area contributed by atoms with E-state index in [0.29, 0.717) is 10.0 Å². The van der Waals surface area contributed by atoms with E-state index >= 15 is 0 Å². The standard InChI is InChI=1S/C16H17Cl2N/c1-12(15-8-7-14(17)11-16(15)18)19-10-9-13-5-3-2-4-6-13/h2-8,11-12,19H,9-10H2,1H3. The van der Waals surface area contributed by atoms with Crippen molar-refractivity contribution in [1.29, 1.82) is 0 Å². The highest BCUT2D eigenvalue weighted by Crippen LogP contribution is 2.25. The van der Waals surface area contributed by atoms with Crippen LogP contribution in [0.5, 0.6) is 0 Å². The summed E-state index contributed by atoms with van der Waals surface area (Å²) < 4.78 is 0. The lowest BCUT2D eigenvalue weighted by Gasteiger charge is -2.16. The summed E-state index contributed by atoms with van der Waals surface area (Å²) in [6.45, 7) is 3.03. The molecule has 1 atom stereocenters. The lowest BCUT2D eigenvalue weighted by atomic mass is 10.1. The van der Waals surface area contributed by atoms with Gasteiger partial charge >= 0.3 is 0 Å². The molecule has 100 valence electrons. The van der Waals surface area contributed by atoms with Crippen molar-refractivity contribution in [1.82, 2.24) is 5.32 Å². The third-order valence-corrected chi connectivity index (χ3v) is 3.70. The van der Waals surface area contributed by atoms with Crippen LogP contribution in [-0.2, 0) is 6.42 Å². The molecule has 0 fully saturated rings. The van der Waals surface area contributed by atoms with Gasteiger partial charge in [0.25, 0.3) is 0 Å². The maximum absolute atomic E-state index is 6.20. The van der Waals surface area contributed by atoms with Crippen LogP contribution < -0.4 is 5.32 Å². The molecule has 0 aliphatic heterocycles. The van der Waals surface area contributed by atoms with Crippen molar-refractivity contribution in [3.05, 3.63) is 69.7 Å². The summed E-state index contributed by atoms with van der Waals surface area (Å²) in [7, 11) is 0. The lowest BCUT2D eigenvalue weighted by Crippen LogP contribution is -2.21. The highest BCUT2D eigenvalue weighted by molar-refractivity contribution is 6.35. The molecule has 2 aromatic carbocycles. The van der Waals surface area contributed by atoms with Crippen LogP contribution in [0, 0.1) is 0 Å². The van der Waals surface area contributed by atoms with Gasteiger partial charge in [-0.05, 0) is 43.1 Å². The molecule has 0 saturated carbocycles. The Labute approximate surface area is 124 Å². The fourth-order valence-electron chi connectivity index (χ4n) is 2.04. The van der Waals surface area contributed by atoms with Crippen molar-refractivity contribution in [2.45, 2.75) is 19.4 Å². The van der Waals surface area contributed by atoms with Gasteiger partial charge in [-0.15, -0.1) is 0 Å². The second-order valence-electron chi connectivity index (χ2n) is 4.58. The van der Waals surface area contributed by atoms with Crippen molar-refractivity contribution in [3.63, 3.8) is 0 Å². The fraction of sp³-hybridized carbons (Fsp3) is 0.250. The van der Waals surface area contributed by atoms with Crippen molar-refractivity contribution >= 4 is 23.2 Å². The van der Waals surface area contributed by atoms with Gasteiger partial charge in [-0.1, -0.05) is 59.6 Å². The molecule has 2 aromatic rings. The van der Waals surface area contributed by atoms with Crippen LogP contribution >= 0.6 is 23.2 Å². The minimum Gasteiger partial charge on any atom is -0.310 e. The van der Waals surface area contributed by atoms with Gasteiger partial charge in [0, 0.05) is 16.1 Å². The molecule has 0 aromatic heterocycles. The molecule has 0 aliphatic carbocycles. The Morgan fingerprint density at radius 2 is 1.79 bits per heavy atom. The maximum atomic E-state index is 6.20. The first kappa shape index (κ1) is 14.4. The second-order valence-corrected chi connectivity index (χ2v) is 5.42. The maximum Gasteiger partial charge on any atom is 0.0468 e. The molecular formula is C16H17Cl2N. The molecule has 0 aliphatic rings. The average molecular weight is 294 g/mol. The molecule has 19 heavy (non-hydrogen) atoms. The number of hydrogen-bond donors (Lipinski definition) is 1. The Kier molecular flexibility index (Phi) is 5.26. The zero-order chi connectivity index (χ0) is 13.7. The Morgan fingerprint density at radius 3 is 2.47 bits per heavy atom. The third-order valence-electron chi connectivity index (χ3n) is 3.14. The van der Waals surface area contributed by atoms with Crippen LogP contribution in [0.25, 0.3) is 0 Å². The molecule has 0 amide bonds. The number of hydrogen-bond acceptors (Lipinski definition) is 1. The van der Waals surface area contributed by atoms with E-state index in [0.717, 1.165) is 18.5 Å². The fourth-order valence-corrected chi connectivity index (χ4v) is 2.61. The first-order valence-corrected chi connectivity index (χ1v) is 7.14. The first-order valence-electron chi connectivity index (χ1n) is 6.39. The molecule has 1 unspecified atom stereocenters. The van der Waals surface area contributed by atoms with Gasteiger partial charge in [-0.25, -0.2) is 0 Å². The molecular weight excluding hydrogens is 277 g/mol. The van der Waals surface area contributed by atoms with Crippen molar-refractivity contribution < 1.29 is 0 Å². The normalized spacial score (nSPS) is 12.4. The molecule has 0 heterocycles. The van der Waals surface area contributed by atoms with E-state index in [1.165, 1.54) is 5.56 Å². The van der Waals surface area contributed by atoms with Gasteiger partial charge in [0.05, 0.1) is 0 Å². The first-order chi connectivity index (χ1) is 9.16. The van der Waals surface area contributed by atoms with Crippen molar-refractivity contribution in [3.8, 4) is 0 Å². The van der Waals surface area contributed by atoms with Crippen LogP contribution in [0.15, 0.2) is 48.5 Å². The molecule has 3 heteroatoms. The molecule has 0 saturated heterocycles. The average Bonchev–Trinajstić information content (AvgIpc) is 2.39. The highest BCUT2D eigenvalue weighted by atomic mass is 35.5. The minimum absolute atomic E-state index is 0.216. The molecule has 1 N–H and O–H groups in total. The number of halogens is 2. The van der Waals surface area contributed by atoms with Crippen molar-refractivity contribution in [2.24, 2.45) is 0 Å². The topological polar surface area (TPSA) is 12.0 Å². The largest absolute Gasteiger partial charge is 0.310 e. The van der Waals surface area contributed by atoms with Gasteiger partial charge in [0.2, 0.25) is 0 Å². The van der Waals surface area contributed by atoms with E-state index < -0.39 is 0 Å². The van der Waals surface area contributed by atoms with Gasteiger partial charge in [0.15, 0.2) is 0 Å². The van der Waals surface area contributed by atoms with Crippen LogP contribution in [0.4, 0.5) is 0 Å². The SMILES string of the molecule is CC(NCCc1ccccc1)c1ccc(Cl)cc1Cl. The van der Waals surface area contributed by atoms with E-state index in [2.05, 4.69) is 36.5 Å². The number of nitrogens with one attached hydrogen (secondary N) is 1. The summed E-state index contributed by atoms with van der Waals surface area (Å²) >= 11 is 12.1. The van der Waals surface area contributed by atoms with Crippen molar-refractivity contribution in [2.75, 3.05) is 6.54 Å². The van der Waals surface area contributed by atoms with E-state index in [9.17, 15) is 0 Å². The molecule has 2 rings (SSSR count). The summed E-state index contributed by atoms with van der Waals surface area (Å²) in [6.07, 6.45) is 1.01. The van der Waals surface area contributed by atoms with Crippen LogP contribution in [-0.4, -0.2) is 6.54 Å². The van der Waals surface area contributed by atoms with E-state index in [-0.39, 0.29) is 6.04 Å². The summed E-state index contributed by atoms with van der Waals surface area (Å²) in [5, 5.41) is 4.87. The zero-order valence-corrected chi connectivity index (χ0v) is 12.4. The smallest absolute Gasteiger partial charge is 0.0468 e. The predicted molar refractivity (Wildman–Crippen MR) is 83.0 cm³/mol. The van der Waals surface area contributed by atoms with Crippen LogP contribution in [0.3, 0.4) is 0 Å². The Hall–Kier alpha value is -1.02. The van der Waals surface area contributed by atoms with Gasteiger partial charge in [-0.3, -0.25) is 0 Å². The Morgan fingerprint density at radius 1 is 1.05 bits per heavy atom. The summed E-state index contributed by atoms with van der Waals surface area (Å²) in [6, 6.07) is 16.3. The van der Waals surface area contributed by atoms with Gasteiger partial charge in [0.1, 0.15) is 0 Å². The van der Waals surface area contributed by atoms with Gasteiger partial charge < -0.3 is 5.32 Å². The molecule has 0 radical (unpaired) electrons. The highest BCUT2D eigenvalue weighted by Gasteiger charge is 2.09. The van der Waals surface area contributed by atoms with Crippen LogP contribution in [0.1, 0.15) is 24.1 Å². The Balaban J connectivity index is 1.89. The van der Waals surface area contributed by atoms with E-state index in [4.69, 9.17) is 23.2 Å². The van der Waals surface area contributed by atoms with Gasteiger partial charge in [-0.2, -0.15) is 0 Å². The monoisotopic (exact) mass is 293 g/mol. The molecule has 0 spiro atoms. The Bertz CT molecular complexity index is 526. The zero-order valence-electron chi connectivity index (χ0n) is 10.9. The number of benzene rings is 2. The molecule has 0 bridgehead atoms. The van der Waals surface area contributed by atoms with E-state index in [1.54, 1.807) is 6.07 Å². The third kappa shape index (κ3) is 4.24. The summed E-state index contributed by atoms with van der Waals surface area (Å²) in [5.74, 6) is 0. The number of rotatable bonds is 5. The minimum atomic E-state index is 0.216. The van der Waals surface area contributed by atoms with E-state index in [1.807, 2.05) is 18.2 Å². The quantitative estimate of drug-likeness (QED) is 0.828. The summed E-state index contributed by atoms with van der Waals surface area (Å²) in [5.41, 5.74) is 2.42. The molecule has 1 nitrogen and oxygen atoms in total. The second kappa shape index (κ2) is 6.95. The summed E-state index contributed by atoms with van der Waals surface area (Å²) in [4.78, 5) is 0. The lowest BCUT2D eigenvalue weighted by molar-refractivity contribution is 0.577. The predicted octanol–water partition coefficient (Wildman–Crippen LogP) is 4.89.